The average Bonchev–Trinajstić information content (AvgIpc) is 2.32. The van der Waals surface area contributed by atoms with E-state index in [-0.39, 0.29) is 12.7 Å². The van der Waals surface area contributed by atoms with E-state index < -0.39 is 0 Å². The molecule has 1 aliphatic heterocycles. The SMILES string of the molecule is CC1CN(c2ccc(Br)cc2CO)C(C)CO1. The monoisotopic (exact) mass is 299 g/mol. The Morgan fingerprint density at radius 1 is 1.47 bits per heavy atom. The summed E-state index contributed by atoms with van der Waals surface area (Å²) in [5.74, 6) is 0. The molecule has 1 aliphatic rings. The molecule has 0 saturated carbocycles. The number of anilines is 1. The third-order valence-corrected chi connectivity index (χ3v) is 3.62. The minimum atomic E-state index is 0.0627. The molecule has 2 rings (SSSR count). The van der Waals surface area contributed by atoms with Crippen LogP contribution in [0.2, 0.25) is 0 Å². The third kappa shape index (κ3) is 2.81. The number of rotatable bonds is 2. The number of halogens is 1. The predicted molar refractivity (Wildman–Crippen MR) is 72.3 cm³/mol. The molecule has 0 aliphatic carbocycles. The van der Waals surface area contributed by atoms with Crippen LogP contribution >= 0.6 is 15.9 Å². The summed E-state index contributed by atoms with van der Waals surface area (Å²) in [4.78, 5) is 2.31. The predicted octanol–water partition coefficient (Wildman–Crippen LogP) is 2.56. The van der Waals surface area contributed by atoms with Crippen molar-refractivity contribution in [2.45, 2.75) is 32.6 Å². The van der Waals surface area contributed by atoms with E-state index in [2.05, 4.69) is 40.7 Å². The van der Waals surface area contributed by atoms with Gasteiger partial charge < -0.3 is 14.7 Å². The van der Waals surface area contributed by atoms with Gasteiger partial charge in [-0.3, -0.25) is 0 Å². The first-order chi connectivity index (χ1) is 8.11. The van der Waals surface area contributed by atoms with Crippen molar-refractivity contribution >= 4 is 21.6 Å². The molecule has 94 valence electrons. The average molecular weight is 300 g/mol. The van der Waals surface area contributed by atoms with Crippen molar-refractivity contribution in [1.29, 1.82) is 0 Å². The second-order valence-corrected chi connectivity index (χ2v) is 5.49. The molecule has 1 fully saturated rings. The summed E-state index contributed by atoms with van der Waals surface area (Å²) in [6.07, 6.45) is 0.237. The number of morpholine rings is 1. The van der Waals surface area contributed by atoms with Crippen LogP contribution in [0.3, 0.4) is 0 Å². The Bertz CT molecular complexity index is 397. The standard InChI is InChI=1S/C13H18BrNO2/c1-9-8-17-10(2)6-15(9)13-4-3-12(14)5-11(13)7-16/h3-5,9-10,16H,6-8H2,1-2H3. The van der Waals surface area contributed by atoms with Crippen molar-refractivity contribution < 1.29 is 9.84 Å². The molecule has 0 spiro atoms. The minimum absolute atomic E-state index is 0.0627. The quantitative estimate of drug-likeness (QED) is 0.911. The van der Waals surface area contributed by atoms with E-state index in [9.17, 15) is 5.11 Å². The lowest BCUT2D eigenvalue weighted by atomic mass is 10.1. The Hall–Kier alpha value is -0.580. The topological polar surface area (TPSA) is 32.7 Å². The van der Waals surface area contributed by atoms with Crippen LogP contribution in [0.25, 0.3) is 0 Å². The van der Waals surface area contributed by atoms with Gasteiger partial charge in [-0.15, -0.1) is 0 Å². The van der Waals surface area contributed by atoms with Crippen LogP contribution in [0.5, 0.6) is 0 Å². The molecule has 4 heteroatoms. The second-order valence-electron chi connectivity index (χ2n) is 4.58. The highest BCUT2D eigenvalue weighted by Crippen LogP contribution is 2.28. The van der Waals surface area contributed by atoms with E-state index in [1.165, 1.54) is 0 Å². The van der Waals surface area contributed by atoms with Gasteiger partial charge in [0.05, 0.1) is 19.3 Å². The number of hydrogen-bond donors (Lipinski definition) is 1. The zero-order chi connectivity index (χ0) is 12.4. The van der Waals surface area contributed by atoms with E-state index in [1.54, 1.807) is 0 Å². The zero-order valence-electron chi connectivity index (χ0n) is 10.2. The maximum absolute atomic E-state index is 9.45. The van der Waals surface area contributed by atoms with E-state index >= 15 is 0 Å². The molecule has 1 N–H and O–H groups in total. The number of aliphatic hydroxyl groups is 1. The van der Waals surface area contributed by atoms with E-state index in [1.807, 2.05) is 12.1 Å². The number of hydrogen-bond acceptors (Lipinski definition) is 3. The second kappa shape index (κ2) is 5.38. The van der Waals surface area contributed by atoms with Crippen LogP contribution in [0.15, 0.2) is 22.7 Å². The van der Waals surface area contributed by atoms with E-state index in [0.29, 0.717) is 6.04 Å². The van der Waals surface area contributed by atoms with Crippen LogP contribution in [-0.2, 0) is 11.3 Å². The lowest BCUT2D eigenvalue weighted by Crippen LogP contribution is -2.47. The molecule has 3 nitrogen and oxygen atoms in total. The van der Waals surface area contributed by atoms with Crippen molar-refractivity contribution in [2.75, 3.05) is 18.1 Å². The van der Waals surface area contributed by atoms with Crippen LogP contribution in [0.1, 0.15) is 19.4 Å². The molecule has 1 heterocycles. The number of benzene rings is 1. The Kier molecular flexibility index (Phi) is 4.07. The fraction of sp³-hybridized carbons (Fsp3) is 0.538. The van der Waals surface area contributed by atoms with Gasteiger partial charge in [-0.05, 0) is 32.0 Å². The van der Waals surface area contributed by atoms with Crippen LogP contribution in [0.4, 0.5) is 5.69 Å². The van der Waals surface area contributed by atoms with E-state index in [0.717, 1.165) is 28.9 Å². The Balaban J connectivity index is 2.31. The van der Waals surface area contributed by atoms with Crippen molar-refractivity contribution in [3.05, 3.63) is 28.2 Å². The molecule has 2 unspecified atom stereocenters. The lowest BCUT2D eigenvalue weighted by molar-refractivity contribution is 0.0342. The van der Waals surface area contributed by atoms with Crippen LogP contribution in [-0.4, -0.2) is 30.4 Å². The van der Waals surface area contributed by atoms with Gasteiger partial charge >= 0.3 is 0 Å². The summed E-state index contributed by atoms with van der Waals surface area (Å²) in [6, 6.07) is 6.39. The smallest absolute Gasteiger partial charge is 0.0723 e. The molecule has 0 aromatic heterocycles. The molecule has 0 bridgehead atoms. The van der Waals surface area contributed by atoms with Gasteiger partial charge in [0, 0.05) is 28.3 Å². The highest BCUT2D eigenvalue weighted by atomic mass is 79.9. The van der Waals surface area contributed by atoms with Gasteiger partial charge in [-0.25, -0.2) is 0 Å². The first-order valence-corrected chi connectivity index (χ1v) is 6.68. The van der Waals surface area contributed by atoms with Crippen molar-refractivity contribution in [3.63, 3.8) is 0 Å². The molecular formula is C13H18BrNO2. The first kappa shape index (κ1) is 12.9. The maximum Gasteiger partial charge on any atom is 0.0723 e. The Morgan fingerprint density at radius 2 is 2.24 bits per heavy atom. The minimum Gasteiger partial charge on any atom is -0.392 e. The van der Waals surface area contributed by atoms with Gasteiger partial charge in [0.2, 0.25) is 0 Å². The van der Waals surface area contributed by atoms with E-state index in [4.69, 9.17) is 4.74 Å². The van der Waals surface area contributed by atoms with Crippen molar-refractivity contribution in [3.8, 4) is 0 Å². The zero-order valence-corrected chi connectivity index (χ0v) is 11.8. The molecule has 1 aromatic carbocycles. The molecule has 17 heavy (non-hydrogen) atoms. The summed E-state index contributed by atoms with van der Waals surface area (Å²) >= 11 is 3.43. The summed E-state index contributed by atoms with van der Waals surface area (Å²) in [5.41, 5.74) is 2.07. The summed E-state index contributed by atoms with van der Waals surface area (Å²) in [7, 11) is 0. The fourth-order valence-electron chi connectivity index (χ4n) is 2.20. The van der Waals surface area contributed by atoms with Gasteiger partial charge in [-0.1, -0.05) is 15.9 Å². The number of nitrogens with zero attached hydrogens (tertiary/aromatic N) is 1. The van der Waals surface area contributed by atoms with Crippen LogP contribution in [0, 0.1) is 0 Å². The largest absolute Gasteiger partial charge is 0.392 e. The van der Waals surface area contributed by atoms with Gasteiger partial charge in [0.25, 0.3) is 0 Å². The molecule has 0 amide bonds. The molecule has 1 saturated heterocycles. The van der Waals surface area contributed by atoms with Crippen molar-refractivity contribution in [2.24, 2.45) is 0 Å². The van der Waals surface area contributed by atoms with Gasteiger partial charge in [-0.2, -0.15) is 0 Å². The molecule has 2 atom stereocenters. The van der Waals surface area contributed by atoms with Crippen LogP contribution < -0.4 is 4.90 Å². The maximum atomic E-state index is 9.45. The summed E-state index contributed by atoms with van der Waals surface area (Å²) in [5, 5.41) is 9.45. The lowest BCUT2D eigenvalue weighted by Gasteiger charge is -2.39. The Labute approximate surface area is 111 Å². The van der Waals surface area contributed by atoms with Gasteiger partial charge in [0.15, 0.2) is 0 Å². The fourth-order valence-corrected chi connectivity index (χ4v) is 2.61. The summed E-state index contributed by atoms with van der Waals surface area (Å²) in [6.45, 7) is 5.90. The Morgan fingerprint density at radius 3 is 2.94 bits per heavy atom. The van der Waals surface area contributed by atoms with Crippen molar-refractivity contribution in [1.82, 2.24) is 0 Å². The highest BCUT2D eigenvalue weighted by Gasteiger charge is 2.25. The molecular weight excluding hydrogens is 282 g/mol. The summed E-state index contributed by atoms with van der Waals surface area (Å²) < 4.78 is 6.62. The third-order valence-electron chi connectivity index (χ3n) is 3.13. The number of aliphatic hydroxyl groups excluding tert-OH is 1. The normalized spacial score (nSPS) is 25.1. The molecule has 1 aromatic rings. The van der Waals surface area contributed by atoms with Gasteiger partial charge in [0.1, 0.15) is 0 Å². The highest BCUT2D eigenvalue weighted by molar-refractivity contribution is 9.10. The number of ether oxygens (including phenoxy) is 1. The first-order valence-electron chi connectivity index (χ1n) is 5.89. The molecule has 0 radical (unpaired) electrons.